The van der Waals surface area contributed by atoms with Crippen molar-refractivity contribution in [1.82, 2.24) is 9.97 Å². The van der Waals surface area contributed by atoms with Gasteiger partial charge >= 0.3 is 0 Å². The molecule has 1 aliphatic carbocycles. The lowest BCUT2D eigenvalue weighted by molar-refractivity contribution is 0.898. The van der Waals surface area contributed by atoms with E-state index < -0.39 is 0 Å². The molecule has 0 atom stereocenters. The summed E-state index contributed by atoms with van der Waals surface area (Å²) in [6.07, 6.45) is 6.80. The summed E-state index contributed by atoms with van der Waals surface area (Å²) in [6.45, 7) is 0. The number of rotatable bonds is 3. The lowest BCUT2D eigenvalue weighted by atomic mass is 10.1. The molecule has 0 fully saturated rings. The molecule has 2 aromatic rings. The molecule has 0 saturated heterocycles. The highest BCUT2D eigenvalue weighted by atomic mass is 32.1. The summed E-state index contributed by atoms with van der Waals surface area (Å²) < 4.78 is 0. The summed E-state index contributed by atoms with van der Waals surface area (Å²) in [5.74, 6) is 0.811. The number of aryl methyl sites for hydroxylation is 2. The van der Waals surface area contributed by atoms with Gasteiger partial charge in [0.25, 0.3) is 0 Å². The average Bonchev–Trinajstić information content (AvgIpc) is 2.93. The Balaban J connectivity index is 2.10. The number of hydrogen-bond acceptors (Lipinski definition) is 4. The maximum Gasteiger partial charge on any atom is 0.143 e. The van der Waals surface area contributed by atoms with Crippen molar-refractivity contribution in [3.8, 4) is 0 Å². The van der Waals surface area contributed by atoms with Crippen LogP contribution in [0.4, 0.5) is 11.5 Å². The van der Waals surface area contributed by atoms with E-state index in [1.807, 2.05) is 24.1 Å². The lowest BCUT2D eigenvalue weighted by Gasteiger charge is -2.21. The molecule has 1 aliphatic rings. The fraction of sp³-hybridized carbons (Fsp3) is 0.267. The van der Waals surface area contributed by atoms with Crippen LogP contribution in [-0.4, -0.2) is 22.0 Å². The third-order valence-electron chi connectivity index (χ3n) is 3.65. The van der Waals surface area contributed by atoms with Gasteiger partial charge in [0.15, 0.2) is 0 Å². The first-order chi connectivity index (χ1) is 9.66. The van der Waals surface area contributed by atoms with E-state index in [0.29, 0.717) is 4.99 Å². The topological polar surface area (TPSA) is 55.0 Å². The minimum Gasteiger partial charge on any atom is -0.389 e. The molecule has 2 aromatic heterocycles. The van der Waals surface area contributed by atoms with Gasteiger partial charge in [-0.2, -0.15) is 0 Å². The molecule has 0 saturated carbocycles. The van der Waals surface area contributed by atoms with Crippen molar-refractivity contribution in [2.75, 3.05) is 11.9 Å². The van der Waals surface area contributed by atoms with Crippen molar-refractivity contribution in [1.29, 1.82) is 0 Å². The molecule has 2 heterocycles. The number of thiocarbonyl (C=S) groups is 1. The zero-order chi connectivity index (χ0) is 14.1. The Bertz CT molecular complexity index is 654. The minimum absolute atomic E-state index is 0.387. The molecule has 5 heteroatoms. The highest BCUT2D eigenvalue weighted by Gasteiger charge is 2.20. The molecule has 4 nitrogen and oxygen atoms in total. The van der Waals surface area contributed by atoms with Gasteiger partial charge in [0.05, 0.1) is 17.4 Å². The molecule has 20 heavy (non-hydrogen) atoms. The largest absolute Gasteiger partial charge is 0.389 e. The highest BCUT2D eigenvalue weighted by molar-refractivity contribution is 7.80. The van der Waals surface area contributed by atoms with Crippen molar-refractivity contribution in [2.24, 2.45) is 5.73 Å². The number of aromatic nitrogens is 2. The summed E-state index contributed by atoms with van der Waals surface area (Å²) in [6, 6.07) is 5.99. The second-order valence-corrected chi connectivity index (χ2v) is 5.39. The van der Waals surface area contributed by atoms with Gasteiger partial charge in [0.2, 0.25) is 0 Å². The molecular weight excluding hydrogens is 268 g/mol. The van der Waals surface area contributed by atoms with Crippen LogP contribution in [-0.2, 0) is 12.8 Å². The van der Waals surface area contributed by atoms with Gasteiger partial charge in [0, 0.05) is 18.9 Å². The summed E-state index contributed by atoms with van der Waals surface area (Å²) >= 11 is 5.19. The maximum absolute atomic E-state index is 5.87. The van der Waals surface area contributed by atoms with Gasteiger partial charge in [-0.3, -0.25) is 4.98 Å². The average molecular weight is 284 g/mol. The van der Waals surface area contributed by atoms with Crippen LogP contribution < -0.4 is 10.6 Å². The molecule has 102 valence electrons. The van der Waals surface area contributed by atoms with Crippen LogP contribution in [0.2, 0.25) is 0 Å². The SMILES string of the molecule is CN(c1cccnc1)c1nc2c(cc1C(N)=S)CCC2. The van der Waals surface area contributed by atoms with Crippen LogP contribution in [0.15, 0.2) is 30.6 Å². The molecular formula is C15H16N4S. The number of fused-ring (bicyclic) bond motifs is 1. The van der Waals surface area contributed by atoms with Gasteiger partial charge in [0.1, 0.15) is 10.8 Å². The van der Waals surface area contributed by atoms with Crippen LogP contribution in [0.5, 0.6) is 0 Å². The Morgan fingerprint density at radius 3 is 2.95 bits per heavy atom. The molecule has 2 N–H and O–H groups in total. The van der Waals surface area contributed by atoms with Crippen molar-refractivity contribution in [3.05, 3.63) is 47.4 Å². The molecule has 0 radical (unpaired) electrons. The Labute approximate surface area is 123 Å². The van der Waals surface area contributed by atoms with Crippen LogP contribution in [0.1, 0.15) is 23.2 Å². The van der Waals surface area contributed by atoms with Crippen molar-refractivity contribution < 1.29 is 0 Å². The van der Waals surface area contributed by atoms with Crippen LogP contribution in [0, 0.1) is 0 Å². The first-order valence-corrected chi connectivity index (χ1v) is 7.04. The van der Waals surface area contributed by atoms with E-state index in [4.69, 9.17) is 22.9 Å². The van der Waals surface area contributed by atoms with E-state index in [0.717, 1.165) is 42.0 Å². The van der Waals surface area contributed by atoms with E-state index >= 15 is 0 Å². The third kappa shape index (κ3) is 2.25. The zero-order valence-electron chi connectivity index (χ0n) is 11.3. The fourth-order valence-corrected chi connectivity index (χ4v) is 2.72. The standard InChI is InChI=1S/C15H16N4S/c1-19(11-5-3-7-17-9-11)15-12(14(16)20)8-10-4-2-6-13(10)18-15/h3,5,7-9H,2,4,6H2,1H3,(H2,16,20). The first kappa shape index (κ1) is 13.0. The van der Waals surface area contributed by atoms with E-state index in [2.05, 4.69) is 11.1 Å². The second-order valence-electron chi connectivity index (χ2n) is 4.95. The van der Waals surface area contributed by atoms with Crippen LogP contribution >= 0.6 is 12.2 Å². The van der Waals surface area contributed by atoms with E-state index in [9.17, 15) is 0 Å². The number of pyridine rings is 2. The summed E-state index contributed by atoms with van der Waals surface area (Å²) in [5.41, 5.74) is 10.1. The van der Waals surface area contributed by atoms with Crippen molar-refractivity contribution in [3.63, 3.8) is 0 Å². The predicted octanol–water partition coefficient (Wildman–Crippen LogP) is 2.37. The molecule has 0 aromatic carbocycles. The van der Waals surface area contributed by atoms with Crippen LogP contribution in [0.3, 0.4) is 0 Å². The summed E-state index contributed by atoms with van der Waals surface area (Å²) in [4.78, 5) is 11.3. The number of anilines is 2. The Morgan fingerprint density at radius 1 is 1.40 bits per heavy atom. The Kier molecular flexibility index (Phi) is 3.36. The van der Waals surface area contributed by atoms with Crippen LogP contribution in [0.25, 0.3) is 0 Å². The molecule has 0 aliphatic heterocycles. The molecule has 0 spiro atoms. The normalized spacial score (nSPS) is 13.1. The Morgan fingerprint density at radius 2 is 2.25 bits per heavy atom. The third-order valence-corrected chi connectivity index (χ3v) is 3.87. The van der Waals surface area contributed by atoms with Gasteiger partial charge in [-0.1, -0.05) is 12.2 Å². The maximum atomic E-state index is 5.87. The van der Waals surface area contributed by atoms with E-state index in [-0.39, 0.29) is 0 Å². The van der Waals surface area contributed by atoms with Gasteiger partial charge in [-0.15, -0.1) is 0 Å². The quantitative estimate of drug-likeness (QED) is 0.877. The number of nitrogens with two attached hydrogens (primary N) is 1. The summed E-state index contributed by atoms with van der Waals surface area (Å²) in [7, 11) is 1.96. The molecule has 0 amide bonds. The van der Waals surface area contributed by atoms with Crippen molar-refractivity contribution in [2.45, 2.75) is 19.3 Å². The van der Waals surface area contributed by atoms with Crippen molar-refractivity contribution >= 4 is 28.7 Å². The van der Waals surface area contributed by atoms with Gasteiger partial charge in [-0.25, -0.2) is 4.98 Å². The first-order valence-electron chi connectivity index (χ1n) is 6.63. The fourth-order valence-electron chi connectivity index (χ4n) is 2.57. The van der Waals surface area contributed by atoms with E-state index in [1.165, 1.54) is 5.56 Å². The number of hydrogen-bond donors (Lipinski definition) is 1. The van der Waals surface area contributed by atoms with Gasteiger partial charge < -0.3 is 10.6 Å². The predicted molar refractivity (Wildman–Crippen MR) is 84.4 cm³/mol. The number of nitrogens with zero attached hydrogens (tertiary/aromatic N) is 3. The smallest absolute Gasteiger partial charge is 0.143 e. The van der Waals surface area contributed by atoms with E-state index in [1.54, 1.807) is 12.4 Å². The molecule has 0 bridgehead atoms. The minimum atomic E-state index is 0.387. The monoisotopic (exact) mass is 284 g/mol. The second kappa shape index (κ2) is 5.17. The molecule has 3 rings (SSSR count). The lowest BCUT2D eigenvalue weighted by Crippen LogP contribution is -2.20. The Hall–Kier alpha value is -2.01. The molecule has 0 unspecified atom stereocenters. The summed E-state index contributed by atoms with van der Waals surface area (Å²) in [5, 5.41) is 0. The van der Waals surface area contributed by atoms with Gasteiger partial charge in [-0.05, 0) is 43.0 Å². The highest BCUT2D eigenvalue weighted by Crippen LogP contribution is 2.30. The zero-order valence-corrected chi connectivity index (χ0v) is 12.2.